The fourth-order valence-corrected chi connectivity index (χ4v) is 3.32. The van der Waals surface area contributed by atoms with Gasteiger partial charge in [0.15, 0.2) is 22.6 Å². The number of nitrogens with one attached hydrogen (secondary N) is 2. The highest BCUT2D eigenvalue weighted by atomic mass is 32.2. The number of Topliss-reactive ketones (excluding diaryl/α,β-unsaturated/α-hetero) is 1. The molecule has 8 nitrogen and oxygen atoms in total. The van der Waals surface area contributed by atoms with Crippen LogP contribution in [0.25, 0.3) is 11.0 Å². The lowest BCUT2D eigenvalue weighted by molar-refractivity contribution is 0.102. The molecular formula is C16H15F2N5O3S. The van der Waals surface area contributed by atoms with E-state index in [0.29, 0.717) is 6.42 Å². The second-order valence-corrected chi connectivity index (χ2v) is 6.67. The van der Waals surface area contributed by atoms with E-state index in [-0.39, 0.29) is 39.9 Å². The molecule has 0 aliphatic rings. The van der Waals surface area contributed by atoms with E-state index in [2.05, 4.69) is 15.0 Å². The number of imidazole rings is 1. The summed E-state index contributed by atoms with van der Waals surface area (Å²) >= 11 is 0.945. The van der Waals surface area contributed by atoms with E-state index in [1.807, 2.05) is 6.92 Å². The fraction of sp³-hybridized carbons (Fsp3) is 0.250. The highest BCUT2D eigenvalue weighted by molar-refractivity contribution is 7.99. The molecule has 0 unspecified atom stereocenters. The number of aromatic nitrogens is 4. The van der Waals surface area contributed by atoms with Crippen molar-refractivity contribution in [2.75, 3.05) is 11.5 Å². The van der Waals surface area contributed by atoms with Crippen molar-refractivity contribution in [2.45, 2.75) is 25.0 Å². The number of rotatable bonds is 6. The van der Waals surface area contributed by atoms with Crippen LogP contribution in [-0.2, 0) is 6.54 Å². The summed E-state index contributed by atoms with van der Waals surface area (Å²) in [6.07, 6.45) is 0.588. The predicted octanol–water partition coefficient (Wildman–Crippen LogP) is 1.66. The predicted molar refractivity (Wildman–Crippen MR) is 97.1 cm³/mol. The van der Waals surface area contributed by atoms with Crippen molar-refractivity contribution >= 4 is 34.4 Å². The molecule has 0 fully saturated rings. The Kier molecular flexibility index (Phi) is 5.13. The number of carbonyl (C=O) groups excluding carboxylic acids is 1. The first kappa shape index (κ1) is 18.8. The number of ketones is 1. The zero-order chi connectivity index (χ0) is 19.7. The van der Waals surface area contributed by atoms with Gasteiger partial charge >= 0.3 is 5.69 Å². The molecule has 142 valence electrons. The quantitative estimate of drug-likeness (QED) is 0.430. The largest absolute Gasteiger partial charge is 0.384 e. The summed E-state index contributed by atoms with van der Waals surface area (Å²) in [5.41, 5.74) is 4.49. The number of nitrogens with zero attached hydrogens (tertiary/aromatic N) is 2. The molecule has 0 saturated heterocycles. The Morgan fingerprint density at radius 3 is 2.67 bits per heavy atom. The van der Waals surface area contributed by atoms with Gasteiger partial charge in [0.05, 0.1) is 16.8 Å². The molecule has 0 spiro atoms. The van der Waals surface area contributed by atoms with Crippen LogP contribution in [0.2, 0.25) is 0 Å². The third kappa shape index (κ3) is 3.63. The molecule has 0 aliphatic heterocycles. The van der Waals surface area contributed by atoms with Crippen molar-refractivity contribution in [3.8, 4) is 0 Å². The zero-order valence-corrected chi connectivity index (χ0v) is 15.0. The van der Waals surface area contributed by atoms with E-state index in [4.69, 9.17) is 5.73 Å². The molecule has 0 bridgehead atoms. The standard InChI is InChI=1S/C16H15F2N5O3S/c1-2-3-23-13(19)12(14(25)22-16(23)26)11(24)6-27-15-20-9-4-7(17)8(18)5-10(9)21-15/h4-5H,2-3,6,19H2,1H3,(H,20,21)(H,22,25,26). The van der Waals surface area contributed by atoms with Crippen LogP contribution in [0.4, 0.5) is 14.6 Å². The van der Waals surface area contributed by atoms with Gasteiger partial charge in [-0.2, -0.15) is 0 Å². The summed E-state index contributed by atoms with van der Waals surface area (Å²) in [7, 11) is 0. The number of fused-ring (bicyclic) bond motifs is 1. The Morgan fingerprint density at radius 1 is 1.26 bits per heavy atom. The maximum Gasteiger partial charge on any atom is 0.329 e. The van der Waals surface area contributed by atoms with E-state index in [9.17, 15) is 23.2 Å². The molecule has 3 rings (SSSR count). The van der Waals surface area contributed by atoms with Crippen molar-refractivity contribution in [1.82, 2.24) is 19.5 Å². The fourth-order valence-electron chi connectivity index (χ4n) is 2.56. The Hall–Kier alpha value is -2.95. The van der Waals surface area contributed by atoms with Gasteiger partial charge in [-0.25, -0.2) is 18.6 Å². The zero-order valence-electron chi connectivity index (χ0n) is 14.1. The Labute approximate surface area is 154 Å². The van der Waals surface area contributed by atoms with Gasteiger partial charge in [0.1, 0.15) is 11.4 Å². The van der Waals surface area contributed by atoms with Gasteiger partial charge in [0.2, 0.25) is 0 Å². The number of anilines is 1. The van der Waals surface area contributed by atoms with Crippen LogP contribution >= 0.6 is 11.8 Å². The van der Waals surface area contributed by atoms with E-state index in [1.54, 1.807) is 0 Å². The second-order valence-electron chi connectivity index (χ2n) is 5.71. The van der Waals surface area contributed by atoms with Crippen LogP contribution in [-0.4, -0.2) is 31.1 Å². The number of aromatic amines is 2. The van der Waals surface area contributed by atoms with Gasteiger partial charge in [0.25, 0.3) is 5.56 Å². The first-order chi connectivity index (χ1) is 12.8. The average Bonchev–Trinajstić information content (AvgIpc) is 2.98. The van der Waals surface area contributed by atoms with Gasteiger partial charge in [-0.05, 0) is 6.42 Å². The Bertz CT molecular complexity index is 1110. The lowest BCUT2D eigenvalue weighted by atomic mass is 10.2. The molecule has 3 aromatic rings. The van der Waals surface area contributed by atoms with Gasteiger partial charge in [-0.3, -0.25) is 19.1 Å². The summed E-state index contributed by atoms with van der Waals surface area (Å²) in [4.78, 5) is 45.2. The maximum atomic E-state index is 13.3. The summed E-state index contributed by atoms with van der Waals surface area (Å²) in [6.45, 7) is 2.08. The van der Waals surface area contributed by atoms with Crippen LogP contribution in [0.1, 0.15) is 23.7 Å². The first-order valence-electron chi connectivity index (χ1n) is 7.95. The van der Waals surface area contributed by atoms with E-state index < -0.39 is 28.7 Å². The molecule has 11 heteroatoms. The molecule has 2 aromatic heterocycles. The van der Waals surface area contributed by atoms with Crippen LogP contribution in [0, 0.1) is 11.6 Å². The van der Waals surface area contributed by atoms with Gasteiger partial charge in [-0.1, -0.05) is 18.7 Å². The highest BCUT2D eigenvalue weighted by Crippen LogP contribution is 2.22. The molecule has 2 heterocycles. The highest BCUT2D eigenvalue weighted by Gasteiger charge is 2.20. The SMILES string of the molecule is CCCn1c(N)c(C(=O)CSc2nc3cc(F)c(F)cc3[nH]2)c(=O)[nH]c1=O. The van der Waals surface area contributed by atoms with Crippen LogP contribution in [0.3, 0.4) is 0 Å². The number of benzene rings is 1. The number of H-pyrrole nitrogens is 2. The van der Waals surface area contributed by atoms with E-state index >= 15 is 0 Å². The van der Waals surface area contributed by atoms with Gasteiger partial charge in [-0.15, -0.1) is 0 Å². The molecular weight excluding hydrogens is 380 g/mol. The molecule has 0 amide bonds. The summed E-state index contributed by atoms with van der Waals surface area (Å²) in [5, 5.41) is 0.250. The number of carbonyl (C=O) groups is 1. The Morgan fingerprint density at radius 2 is 1.96 bits per heavy atom. The molecule has 0 atom stereocenters. The van der Waals surface area contributed by atoms with Gasteiger partial charge < -0.3 is 10.7 Å². The smallest absolute Gasteiger partial charge is 0.329 e. The number of halogens is 2. The Balaban J connectivity index is 1.85. The van der Waals surface area contributed by atoms with Crippen molar-refractivity contribution < 1.29 is 13.6 Å². The van der Waals surface area contributed by atoms with Crippen molar-refractivity contribution in [3.05, 3.63) is 50.2 Å². The topological polar surface area (TPSA) is 127 Å². The molecule has 1 aromatic carbocycles. The van der Waals surface area contributed by atoms with Crippen molar-refractivity contribution in [2.24, 2.45) is 0 Å². The minimum atomic E-state index is -1.03. The summed E-state index contributed by atoms with van der Waals surface area (Å²) < 4.78 is 27.6. The average molecular weight is 395 g/mol. The van der Waals surface area contributed by atoms with Crippen LogP contribution < -0.4 is 17.0 Å². The lowest BCUT2D eigenvalue weighted by Crippen LogP contribution is -2.36. The normalized spacial score (nSPS) is 11.2. The maximum absolute atomic E-state index is 13.3. The number of hydrogen-bond donors (Lipinski definition) is 3. The molecule has 0 radical (unpaired) electrons. The monoisotopic (exact) mass is 395 g/mol. The lowest BCUT2D eigenvalue weighted by Gasteiger charge is -2.10. The van der Waals surface area contributed by atoms with Crippen LogP contribution in [0.15, 0.2) is 26.9 Å². The summed E-state index contributed by atoms with van der Waals surface area (Å²) in [5.74, 6) is -3.04. The third-order valence-electron chi connectivity index (χ3n) is 3.81. The molecule has 0 aliphatic carbocycles. The van der Waals surface area contributed by atoms with E-state index in [1.165, 1.54) is 0 Å². The van der Waals surface area contributed by atoms with Crippen molar-refractivity contribution in [3.63, 3.8) is 0 Å². The van der Waals surface area contributed by atoms with Gasteiger partial charge in [0, 0.05) is 18.7 Å². The van der Waals surface area contributed by atoms with Crippen LogP contribution in [0.5, 0.6) is 0 Å². The van der Waals surface area contributed by atoms with Crippen molar-refractivity contribution in [1.29, 1.82) is 0 Å². The number of nitrogen functional groups attached to an aromatic ring is 1. The first-order valence-corrected chi connectivity index (χ1v) is 8.93. The minimum Gasteiger partial charge on any atom is -0.384 e. The molecule has 27 heavy (non-hydrogen) atoms. The number of nitrogens with two attached hydrogens (primary N) is 1. The van der Waals surface area contributed by atoms with E-state index in [0.717, 1.165) is 28.5 Å². The number of thioether (sulfide) groups is 1. The number of hydrogen-bond acceptors (Lipinski definition) is 6. The molecule has 4 N–H and O–H groups in total. The summed E-state index contributed by atoms with van der Waals surface area (Å²) in [6, 6.07) is 1.91. The third-order valence-corrected chi connectivity index (χ3v) is 4.68. The second kappa shape index (κ2) is 7.35. The minimum absolute atomic E-state index is 0.190. The molecule has 0 saturated carbocycles.